The Balaban J connectivity index is 1.84. The molecular weight excluding hydrogens is 322 g/mol. The van der Waals surface area contributed by atoms with Crippen LogP contribution in [0.1, 0.15) is 11.3 Å². The molecule has 1 aromatic heterocycles. The summed E-state index contributed by atoms with van der Waals surface area (Å²) in [6, 6.07) is 4.60. The van der Waals surface area contributed by atoms with Gasteiger partial charge in [-0.3, -0.25) is 10.1 Å². The van der Waals surface area contributed by atoms with Crippen LogP contribution in [-0.2, 0) is 23.0 Å². The van der Waals surface area contributed by atoms with Crippen LogP contribution < -0.4 is 10.0 Å². The number of nitro groups is 1. The fourth-order valence-electron chi connectivity index (χ4n) is 2.21. The predicted octanol–water partition coefficient (Wildman–Crippen LogP) is 0.831. The van der Waals surface area contributed by atoms with E-state index in [0.717, 1.165) is 29.9 Å². The maximum atomic E-state index is 12.3. The second-order valence-corrected chi connectivity index (χ2v) is 6.63. The third kappa shape index (κ3) is 3.27. The van der Waals surface area contributed by atoms with E-state index in [2.05, 4.69) is 20.0 Å². The lowest BCUT2D eigenvalue weighted by atomic mass is 10.1. The number of nitrogens with one attached hydrogen (secondary N) is 2. The number of anilines is 1. The highest BCUT2D eigenvalue weighted by Crippen LogP contribution is 2.19. The smallest absolute Gasteiger partial charge is 0.269 e. The van der Waals surface area contributed by atoms with Gasteiger partial charge in [0, 0.05) is 43.4 Å². The minimum Gasteiger partial charge on any atom is -0.312 e. The Morgan fingerprint density at radius 3 is 2.70 bits per heavy atom. The molecule has 120 valence electrons. The lowest BCUT2D eigenvalue weighted by Crippen LogP contribution is -2.25. The predicted molar refractivity (Wildman–Crippen MR) is 81.3 cm³/mol. The van der Waals surface area contributed by atoms with Crippen LogP contribution in [0.5, 0.6) is 0 Å². The quantitative estimate of drug-likeness (QED) is 0.625. The number of nitro benzene ring substituents is 1. The van der Waals surface area contributed by atoms with Crippen molar-refractivity contribution in [2.24, 2.45) is 0 Å². The van der Waals surface area contributed by atoms with Gasteiger partial charge in [-0.1, -0.05) is 0 Å². The summed E-state index contributed by atoms with van der Waals surface area (Å²) < 4.78 is 26.8. The van der Waals surface area contributed by atoms with Crippen molar-refractivity contribution in [1.82, 2.24) is 15.3 Å². The molecule has 0 spiro atoms. The molecule has 2 aromatic rings. The fourth-order valence-corrected chi connectivity index (χ4v) is 3.16. The molecule has 0 atom stereocenters. The maximum Gasteiger partial charge on any atom is 0.269 e. The van der Waals surface area contributed by atoms with E-state index in [-0.39, 0.29) is 16.5 Å². The summed E-state index contributed by atoms with van der Waals surface area (Å²) in [5.41, 5.74) is 1.57. The van der Waals surface area contributed by atoms with Crippen molar-refractivity contribution in [1.29, 1.82) is 0 Å². The highest BCUT2D eigenvalue weighted by molar-refractivity contribution is 7.92. The second kappa shape index (κ2) is 5.89. The topological polar surface area (TPSA) is 127 Å². The van der Waals surface area contributed by atoms with Crippen LogP contribution in [0.15, 0.2) is 35.4 Å². The third-order valence-corrected chi connectivity index (χ3v) is 4.74. The first kappa shape index (κ1) is 15.3. The first-order valence-electron chi connectivity index (χ1n) is 6.78. The van der Waals surface area contributed by atoms with E-state index < -0.39 is 14.9 Å². The standard InChI is InChI=1S/C13H13N5O4S/c19-18(20)10-1-3-11(4-2-10)23(21,22)17-13-15-8-9-7-14-6-5-12(9)16-13/h1-4,8,14H,5-7H2,(H,15,16,17). The molecular formula is C13H13N5O4S. The van der Waals surface area contributed by atoms with Crippen LogP contribution >= 0.6 is 0 Å². The molecule has 9 nitrogen and oxygen atoms in total. The van der Waals surface area contributed by atoms with E-state index in [1.165, 1.54) is 12.1 Å². The van der Waals surface area contributed by atoms with Gasteiger partial charge in [-0.25, -0.2) is 23.1 Å². The molecule has 1 aromatic carbocycles. The molecule has 2 N–H and O–H groups in total. The monoisotopic (exact) mass is 335 g/mol. The molecule has 0 radical (unpaired) electrons. The minimum absolute atomic E-state index is 0.0102. The Morgan fingerprint density at radius 2 is 2.00 bits per heavy atom. The number of rotatable bonds is 4. The van der Waals surface area contributed by atoms with Crippen LogP contribution in [0, 0.1) is 10.1 Å². The number of sulfonamides is 1. The van der Waals surface area contributed by atoms with Crippen molar-refractivity contribution in [3.63, 3.8) is 0 Å². The summed E-state index contributed by atoms with van der Waals surface area (Å²) in [6.45, 7) is 1.43. The van der Waals surface area contributed by atoms with E-state index in [1.54, 1.807) is 6.20 Å². The summed E-state index contributed by atoms with van der Waals surface area (Å²) in [6.07, 6.45) is 2.28. The molecule has 3 rings (SSSR count). The second-order valence-electron chi connectivity index (χ2n) is 4.95. The highest BCUT2D eigenvalue weighted by Gasteiger charge is 2.19. The van der Waals surface area contributed by atoms with E-state index >= 15 is 0 Å². The lowest BCUT2D eigenvalue weighted by Gasteiger charge is -2.16. The molecule has 1 aliphatic heterocycles. The average Bonchev–Trinajstić information content (AvgIpc) is 2.54. The Bertz CT molecular complexity index is 851. The normalized spacial score (nSPS) is 14.1. The first-order valence-corrected chi connectivity index (χ1v) is 8.27. The zero-order chi connectivity index (χ0) is 16.4. The number of benzene rings is 1. The van der Waals surface area contributed by atoms with E-state index in [9.17, 15) is 18.5 Å². The van der Waals surface area contributed by atoms with Gasteiger partial charge in [-0.2, -0.15) is 0 Å². The molecule has 1 aliphatic rings. The van der Waals surface area contributed by atoms with E-state index in [1.807, 2.05) is 0 Å². The molecule has 0 amide bonds. The highest BCUT2D eigenvalue weighted by atomic mass is 32.2. The summed E-state index contributed by atoms with van der Waals surface area (Å²) in [5, 5.41) is 13.8. The molecule has 0 bridgehead atoms. The van der Waals surface area contributed by atoms with E-state index in [4.69, 9.17) is 0 Å². The van der Waals surface area contributed by atoms with Gasteiger partial charge in [0.2, 0.25) is 5.95 Å². The van der Waals surface area contributed by atoms with Crippen molar-refractivity contribution < 1.29 is 13.3 Å². The third-order valence-electron chi connectivity index (χ3n) is 3.39. The summed E-state index contributed by atoms with van der Waals surface area (Å²) in [4.78, 5) is 18.1. The Labute approximate surface area is 132 Å². The largest absolute Gasteiger partial charge is 0.312 e. The number of aromatic nitrogens is 2. The van der Waals surface area contributed by atoms with Crippen molar-refractivity contribution in [3.05, 3.63) is 51.8 Å². The number of non-ortho nitro benzene ring substituents is 1. The summed E-state index contributed by atoms with van der Waals surface area (Å²) >= 11 is 0. The fraction of sp³-hybridized carbons (Fsp3) is 0.231. The number of nitrogens with zero attached hydrogens (tertiary/aromatic N) is 3. The average molecular weight is 335 g/mol. The SMILES string of the molecule is O=[N+]([O-])c1ccc(S(=O)(=O)Nc2ncc3c(n2)CCNC3)cc1. The molecule has 0 saturated carbocycles. The molecule has 2 heterocycles. The Morgan fingerprint density at radius 1 is 1.26 bits per heavy atom. The zero-order valence-corrected chi connectivity index (χ0v) is 12.7. The van der Waals surface area contributed by atoms with Crippen molar-refractivity contribution >= 4 is 21.7 Å². The number of fused-ring (bicyclic) bond motifs is 1. The maximum absolute atomic E-state index is 12.3. The van der Waals surface area contributed by atoms with Gasteiger partial charge >= 0.3 is 0 Å². The first-order chi connectivity index (χ1) is 11.0. The zero-order valence-electron chi connectivity index (χ0n) is 11.9. The van der Waals surface area contributed by atoms with Gasteiger partial charge in [0.15, 0.2) is 0 Å². The molecule has 23 heavy (non-hydrogen) atoms. The molecule has 10 heteroatoms. The Hall–Kier alpha value is -2.59. The van der Waals surface area contributed by atoms with Gasteiger partial charge in [-0.05, 0) is 12.1 Å². The van der Waals surface area contributed by atoms with Gasteiger partial charge in [0.05, 0.1) is 15.5 Å². The van der Waals surface area contributed by atoms with Gasteiger partial charge in [0.1, 0.15) is 0 Å². The van der Waals surface area contributed by atoms with Crippen molar-refractivity contribution in [3.8, 4) is 0 Å². The van der Waals surface area contributed by atoms with Crippen LogP contribution in [0.3, 0.4) is 0 Å². The Kier molecular flexibility index (Phi) is 3.92. The van der Waals surface area contributed by atoms with Crippen LogP contribution in [0.4, 0.5) is 11.6 Å². The van der Waals surface area contributed by atoms with Crippen LogP contribution in [-0.4, -0.2) is 29.9 Å². The van der Waals surface area contributed by atoms with Crippen molar-refractivity contribution in [2.45, 2.75) is 17.9 Å². The van der Waals surface area contributed by atoms with E-state index in [0.29, 0.717) is 13.0 Å². The number of hydrogen-bond acceptors (Lipinski definition) is 7. The summed E-state index contributed by atoms with van der Waals surface area (Å²) in [7, 11) is -3.90. The minimum atomic E-state index is -3.90. The lowest BCUT2D eigenvalue weighted by molar-refractivity contribution is -0.384. The van der Waals surface area contributed by atoms with Crippen LogP contribution in [0.2, 0.25) is 0 Å². The van der Waals surface area contributed by atoms with Gasteiger partial charge in [-0.15, -0.1) is 0 Å². The van der Waals surface area contributed by atoms with Crippen molar-refractivity contribution in [2.75, 3.05) is 11.3 Å². The molecule has 0 fully saturated rings. The van der Waals surface area contributed by atoms with Gasteiger partial charge in [0.25, 0.3) is 15.7 Å². The van der Waals surface area contributed by atoms with Gasteiger partial charge < -0.3 is 5.32 Å². The molecule has 0 saturated heterocycles. The molecule has 0 aliphatic carbocycles. The summed E-state index contributed by atoms with van der Waals surface area (Å²) in [5.74, 6) is -0.0102. The van der Waals surface area contributed by atoms with Crippen LogP contribution in [0.25, 0.3) is 0 Å². The number of hydrogen-bond donors (Lipinski definition) is 2. The molecule has 0 unspecified atom stereocenters.